The van der Waals surface area contributed by atoms with Crippen molar-refractivity contribution in [3.63, 3.8) is 0 Å². The van der Waals surface area contributed by atoms with Crippen LogP contribution in [-0.2, 0) is 6.54 Å². The van der Waals surface area contributed by atoms with Crippen molar-refractivity contribution < 1.29 is 9.47 Å². The van der Waals surface area contributed by atoms with E-state index in [1.807, 2.05) is 30.3 Å². The molecule has 5 rings (SSSR count). The molecular formula is C21H21N3O2S. The van der Waals surface area contributed by atoms with E-state index in [2.05, 4.69) is 39.0 Å². The minimum absolute atomic E-state index is 0.0103. The minimum atomic E-state index is 0.0103. The van der Waals surface area contributed by atoms with Gasteiger partial charge in [-0.25, -0.2) is 0 Å². The van der Waals surface area contributed by atoms with Gasteiger partial charge in [0, 0.05) is 11.7 Å². The second-order valence-corrected chi connectivity index (χ2v) is 7.98. The summed E-state index contributed by atoms with van der Waals surface area (Å²) in [5.74, 6) is 4.11. The van der Waals surface area contributed by atoms with Gasteiger partial charge < -0.3 is 14.0 Å². The smallest absolute Gasteiger partial charge is 0.191 e. The van der Waals surface area contributed by atoms with Gasteiger partial charge >= 0.3 is 0 Å². The number of thioether (sulfide) groups is 1. The third kappa shape index (κ3) is 3.67. The van der Waals surface area contributed by atoms with Crippen molar-refractivity contribution >= 4 is 11.8 Å². The molecule has 0 N–H and O–H groups in total. The van der Waals surface area contributed by atoms with E-state index < -0.39 is 0 Å². The average Bonchev–Trinajstić information content (AvgIpc) is 3.49. The fourth-order valence-corrected chi connectivity index (χ4v) is 4.19. The standard InChI is InChI=1S/C21H21N3O2S/c1-2-6-15(7-3-1)12-24-20(16-10-11-16)22-23-21(24)27-14-17-13-25-18-8-4-5-9-19(18)26-17/h1-9,16-17H,10-14H2. The van der Waals surface area contributed by atoms with Gasteiger partial charge in [-0.15, -0.1) is 10.2 Å². The second-order valence-electron chi connectivity index (χ2n) is 7.00. The molecule has 2 aromatic carbocycles. The van der Waals surface area contributed by atoms with Crippen LogP contribution < -0.4 is 9.47 Å². The van der Waals surface area contributed by atoms with Crippen LogP contribution in [0.25, 0.3) is 0 Å². The first-order chi connectivity index (χ1) is 13.4. The quantitative estimate of drug-likeness (QED) is 0.603. The number of para-hydroxylation sites is 2. The lowest BCUT2D eigenvalue weighted by molar-refractivity contribution is 0.107. The highest BCUT2D eigenvalue weighted by atomic mass is 32.2. The number of ether oxygens (including phenoxy) is 2. The Morgan fingerprint density at radius 1 is 0.963 bits per heavy atom. The van der Waals surface area contributed by atoms with Crippen LogP contribution in [0.15, 0.2) is 59.8 Å². The maximum absolute atomic E-state index is 6.08. The van der Waals surface area contributed by atoms with Crippen LogP contribution in [0.1, 0.15) is 30.1 Å². The lowest BCUT2D eigenvalue weighted by atomic mass is 10.2. The summed E-state index contributed by atoms with van der Waals surface area (Å²) < 4.78 is 14.2. The van der Waals surface area contributed by atoms with Crippen LogP contribution in [0.2, 0.25) is 0 Å². The Morgan fingerprint density at radius 3 is 2.56 bits per heavy atom. The van der Waals surface area contributed by atoms with Crippen molar-refractivity contribution in [3.8, 4) is 11.5 Å². The van der Waals surface area contributed by atoms with Gasteiger partial charge in [0.2, 0.25) is 0 Å². The first-order valence-electron chi connectivity index (χ1n) is 9.35. The molecule has 0 saturated heterocycles. The van der Waals surface area contributed by atoms with Crippen molar-refractivity contribution in [1.82, 2.24) is 14.8 Å². The number of hydrogen-bond acceptors (Lipinski definition) is 5. The number of aromatic nitrogens is 3. The van der Waals surface area contributed by atoms with Crippen LogP contribution in [0.4, 0.5) is 0 Å². The predicted molar refractivity (Wildman–Crippen MR) is 105 cm³/mol. The van der Waals surface area contributed by atoms with Crippen molar-refractivity contribution in [2.45, 2.75) is 36.6 Å². The van der Waals surface area contributed by atoms with Gasteiger partial charge in [0.1, 0.15) is 18.5 Å². The zero-order chi connectivity index (χ0) is 18.1. The maximum atomic E-state index is 6.08. The topological polar surface area (TPSA) is 49.2 Å². The molecule has 0 radical (unpaired) electrons. The van der Waals surface area contributed by atoms with Crippen molar-refractivity contribution in [3.05, 3.63) is 66.0 Å². The van der Waals surface area contributed by atoms with E-state index in [9.17, 15) is 0 Å². The van der Waals surface area contributed by atoms with Crippen LogP contribution >= 0.6 is 11.8 Å². The van der Waals surface area contributed by atoms with Gasteiger partial charge in [-0.05, 0) is 30.5 Å². The molecule has 1 saturated carbocycles. The monoisotopic (exact) mass is 379 g/mol. The van der Waals surface area contributed by atoms with Crippen LogP contribution in [0.5, 0.6) is 11.5 Å². The number of fused-ring (bicyclic) bond motifs is 1. The van der Waals surface area contributed by atoms with Gasteiger partial charge in [-0.2, -0.15) is 0 Å². The Morgan fingerprint density at radius 2 is 1.74 bits per heavy atom. The van der Waals surface area contributed by atoms with Crippen molar-refractivity contribution in [2.75, 3.05) is 12.4 Å². The van der Waals surface area contributed by atoms with E-state index in [1.165, 1.54) is 18.4 Å². The predicted octanol–water partition coefficient (Wildman–Crippen LogP) is 4.14. The summed E-state index contributed by atoms with van der Waals surface area (Å²) in [6, 6.07) is 18.3. The van der Waals surface area contributed by atoms with Crippen LogP contribution in [-0.4, -0.2) is 33.2 Å². The SMILES string of the molecule is c1ccc(Cn2c(SCC3COc4ccccc4O3)nnc2C2CC2)cc1. The summed E-state index contributed by atoms with van der Waals surface area (Å²) in [7, 11) is 0. The minimum Gasteiger partial charge on any atom is -0.486 e. The van der Waals surface area contributed by atoms with Gasteiger partial charge in [-0.3, -0.25) is 0 Å². The third-order valence-corrected chi connectivity index (χ3v) is 5.94. The Hall–Kier alpha value is -2.47. The molecule has 0 amide bonds. The first kappa shape index (κ1) is 16.7. The maximum Gasteiger partial charge on any atom is 0.191 e. The van der Waals surface area contributed by atoms with Gasteiger partial charge in [0.05, 0.1) is 6.54 Å². The zero-order valence-electron chi connectivity index (χ0n) is 15.0. The van der Waals surface area contributed by atoms with Crippen molar-refractivity contribution in [1.29, 1.82) is 0 Å². The number of rotatable bonds is 6. The molecule has 1 aliphatic carbocycles. The summed E-state index contributed by atoms with van der Waals surface area (Å²) in [6.45, 7) is 1.37. The Labute approximate surface area is 162 Å². The molecule has 1 aliphatic heterocycles. The van der Waals surface area contributed by atoms with Gasteiger partial charge in [0.15, 0.2) is 16.7 Å². The highest BCUT2D eigenvalue weighted by Gasteiger charge is 2.31. The molecule has 6 heteroatoms. The lowest BCUT2D eigenvalue weighted by Crippen LogP contribution is -2.31. The molecule has 138 valence electrons. The molecule has 2 heterocycles. The number of nitrogens with zero attached hydrogens (tertiary/aromatic N) is 3. The molecule has 2 aliphatic rings. The first-order valence-corrected chi connectivity index (χ1v) is 10.3. The molecular weight excluding hydrogens is 358 g/mol. The molecule has 5 nitrogen and oxygen atoms in total. The Kier molecular flexibility index (Phi) is 4.49. The number of hydrogen-bond donors (Lipinski definition) is 0. The average molecular weight is 379 g/mol. The molecule has 27 heavy (non-hydrogen) atoms. The van der Waals surface area contributed by atoms with E-state index in [4.69, 9.17) is 9.47 Å². The zero-order valence-corrected chi connectivity index (χ0v) is 15.8. The van der Waals surface area contributed by atoms with E-state index in [0.29, 0.717) is 12.5 Å². The molecule has 3 aromatic rings. The Bertz CT molecular complexity index is 924. The van der Waals surface area contributed by atoms with Crippen molar-refractivity contribution in [2.24, 2.45) is 0 Å². The van der Waals surface area contributed by atoms with E-state index in [1.54, 1.807) is 11.8 Å². The van der Waals surface area contributed by atoms with E-state index in [-0.39, 0.29) is 6.10 Å². The summed E-state index contributed by atoms with van der Waals surface area (Å²) in [5.41, 5.74) is 1.27. The molecule has 1 atom stereocenters. The fraction of sp³-hybridized carbons (Fsp3) is 0.333. The largest absolute Gasteiger partial charge is 0.486 e. The number of benzene rings is 2. The molecule has 0 spiro atoms. The van der Waals surface area contributed by atoms with Gasteiger partial charge in [-0.1, -0.05) is 54.2 Å². The van der Waals surface area contributed by atoms with Crippen LogP contribution in [0.3, 0.4) is 0 Å². The summed E-state index contributed by atoms with van der Waals surface area (Å²) in [5, 5.41) is 9.94. The van der Waals surface area contributed by atoms with E-state index in [0.717, 1.165) is 34.8 Å². The molecule has 1 aromatic heterocycles. The molecule has 1 unspecified atom stereocenters. The highest BCUT2D eigenvalue weighted by molar-refractivity contribution is 7.99. The lowest BCUT2D eigenvalue weighted by Gasteiger charge is -2.26. The van der Waals surface area contributed by atoms with Crippen LogP contribution in [0, 0.1) is 0 Å². The summed E-state index contributed by atoms with van der Waals surface area (Å²) in [6.07, 6.45) is 2.44. The van der Waals surface area contributed by atoms with Gasteiger partial charge in [0.25, 0.3) is 0 Å². The van der Waals surface area contributed by atoms with E-state index >= 15 is 0 Å². The highest BCUT2D eigenvalue weighted by Crippen LogP contribution is 2.40. The second kappa shape index (κ2) is 7.27. The Balaban J connectivity index is 1.30. The summed E-state index contributed by atoms with van der Waals surface area (Å²) >= 11 is 1.70. The normalized spacial score (nSPS) is 18.4. The third-order valence-electron chi connectivity index (χ3n) is 4.84. The molecule has 1 fully saturated rings. The summed E-state index contributed by atoms with van der Waals surface area (Å²) in [4.78, 5) is 0. The fourth-order valence-electron chi connectivity index (χ4n) is 3.28. The molecule has 0 bridgehead atoms.